The number of benzene rings is 2. The van der Waals surface area contributed by atoms with Crippen LogP contribution in [0.15, 0.2) is 53.4 Å². The third-order valence-corrected chi connectivity index (χ3v) is 9.29. The number of sulfonamides is 1. The van der Waals surface area contributed by atoms with Crippen LogP contribution in [0.5, 0.6) is 0 Å². The largest absolute Gasteiger partial charge is 0.302 e. The van der Waals surface area contributed by atoms with E-state index in [1.807, 2.05) is 12.1 Å². The fraction of sp³-hybridized carbons (Fsp3) is 0.538. The van der Waals surface area contributed by atoms with Gasteiger partial charge in [-0.05, 0) is 98.7 Å². The highest BCUT2D eigenvalue weighted by Gasteiger charge is 2.38. The lowest BCUT2D eigenvalue weighted by atomic mass is 9.79. The molecule has 2 aromatic carbocycles. The molecule has 0 radical (unpaired) electrons. The first kappa shape index (κ1) is 23.0. The number of hydrogen-bond donors (Lipinski definition) is 3. The van der Waals surface area contributed by atoms with Crippen molar-refractivity contribution in [2.24, 2.45) is 11.8 Å². The number of rotatable bonds is 7. The summed E-state index contributed by atoms with van der Waals surface area (Å²) in [6, 6.07) is 14.4. The smallest absolute Gasteiger partial charge is 0.240 e. The maximum Gasteiger partial charge on any atom is 0.240 e. The number of aryl methyl sites for hydroxylation is 1. The van der Waals surface area contributed by atoms with Crippen LogP contribution in [-0.2, 0) is 16.4 Å². The monoisotopic (exact) mass is 471 g/mol. The van der Waals surface area contributed by atoms with E-state index in [1.54, 1.807) is 36.4 Å². The van der Waals surface area contributed by atoms with E-state index < -0.39 is 10.0 Å². The second-order valence-corrected chi connectivity index (χ2v) is 11.8. The van der Waals surface area contributed by atoms with Gasteiger partial charge >= 0.3 is 0 Å². The van der Waals surface area contributed by atoms with Crippen molar-refractivity contribution in [3.8, 4) is 0 Å². The summed E-state index contributed by atoms with van der Waals surface area (Å²) >= 11 is 0. The Balaban J connectivity index is 1.05. The first-order chi connectivity index (χ1) is 16.0. The van der Waals surface area contributed by atoms with Crippen molar-refractivity contribution in [2.75, 3.05) is 13.1 Å². The Bertz CT molecular complexity index is 1050. The predicted molar refractivity (Wildman–Crippen MR) is 128 cm³/mol. The highest BCUT2D eigenvalue weighted by molar-refractivity contribution is 7.89. The van der Waals surface area contributed by atoms with Crippen LogP contribution in [-0.4, -0.2) is 33.7 Å². The van der Waals surface area contributed by atoms with Gasteiger partial charge < -0.3 is 5.32 Å². The fourth-order valence-electron chi connectivity index (χ4n) is 5.95. The van der Waals surface area contributed by atoms with Gasteiger partial charge in [0.2, 0.25) is 10.0 Å². The molecule has 178 valence electrons. The molecule has 3 atom stereocenters. The van der Waals surface area contributed by atoms with Gasteiger partial charge in [0.1, 0.15) is 5.82 Å². The Morgan fingerprint density at radius 1 is 0.939 bits per heavy atom. The molecule has 0 aromatic heterocycles. The lowest BCUT2D eigenvalue weighted by Crippen LogP contribution is -2.43. The molecule has 3 N–H and O–H groups in total. The minimum Gasteiger partial charge on any atom is -0.302 e. The Morgan fingerprint density at radius 3 is 2.42 bits per heavy atom. The van der Waals surface area contributed by atoms with Gasteiger partial charge in [-0.25, -0.2) is 17.5 Å². The molecule has 1 aliphatic heterocycles. The summed E-state index contributed by atoms with van der Waals surface area (Å²) in [5, 5.41) is 7.51. The Kier molecular flexibility index (Phi) is 6.84. The van der Waals surface area contributed by atoms with E-state index in [9.17, 15) is 12.8 Å². The van der Waals surface area contributed by atoms with E-state index in [2.05, 4.69) is 15.4 Å². The van der Waals surface area contributed by atoms with Gasteiger partial charge in [-0.15, -0.1) is 0 Å². The second kappa shape index (κ2) is 9.82. The van der Waals surface area contributed by atoms with Crippen molar-refractivity contribution in [2.45, 2.75) is 68.0 Å². The Hall–Kier alpha value is -1.80. The van der Waals surface area contributed by atoms with Crippen molar-refractivity contribution in [3.05, 3.63) is 65.5 Å². The molecular weight excluding hydrogens is 437 g/mol. The predicted octanol–water partition coefficient (Wildman–Crippen LogP) is 3.92. The Morgan fingerprint density at radius 2 is 1.67 bits per heavy atom. The van der Waals surface area contributed by atoms with Crippen LogP contribution in [0, 0.1) is 17.7 Å². The molecule has 0 bridgehead atoms. The van der Waals surface area contributed by atoms with Gasteiger partial charge in [0.15, 0.2) is 0 Å². The maximum absolute atomic E-state index is 13.6. The van der Waals surface area contributed by atoms with Crippen LogP contribution in [0.1, 0.15) is 55.6 Å². The van der Waals surface area contributed by atoms with Crippen LogP contribution in [0.25, 0.3) is 0 Å². The summed E-state index contributed by atoms with van der Waals surface area (Å²) in [7, 11) is -3.42. The molecule has 2 aromatic rings. The molecule has 0 amide bonds. The van der Waals surface area contributed by atoms with Crippen LogP contribution in [0.2, 0.25) is 0 Å². The van der Waals surface area contributed by atoms with Crippen LogP contribution < -0.4 is 15.4 Å². The van der Waals surface area contributed by atoms with Crippen LogP contribution >= 0.6 is 0 Å². The third kappa shape index (κ3) is 5.32. The van der Waals surface area contributed by atoms with Gasteiger partial charge in [0.25, 0.3) is 0 Å². The van der Waals surface area contributed by atoms with E-state index in [4.69, 9.17) is 0 Å². The van der Waals surface area contributed by atoms with Crippen molar-refractivity contribution in [1.82, 2.24) is 15.4 Å². The number of nitrogens with one attached hydrogen (secondary N) is 3. The molecule has 7 heteroatoms. The average molecular weight is 472 g/mol. The second-order valence-electron chi connectivity index (χ2n) is 10.0. The maximum atomic E-state index is 13.6. The molecule has 5 rings (SSSR count). The van der Waals surface area contributed by atoms with Gasteiger partial charge in [-0.1, -0.05) is 24.3 Å². The summed E-state index contributed by atoms with van der Waals surface area (Å²) in [6.07, 6.45) is 7.78. The summed E-state index contributed by atoms with van der Waals surface area (Å²) in [6.45, 7) is 1.51. The number of hydrogen-bond acceptors (Lipinski definition) is 4. The summed E-state index contributed by atoms with van der Waals surface area (Å²) in [5.41, 5.74) is 2.50. The number of fused-ring (bicyclic) bond motifs is 3. The first-order valence-electron chi connectivity index (χ1n) is 12.3. The highest BCUT2D eigenvalue weighted by atomic mass is 32.2. The summed E-state index contributed by atoms with van der Waals surface area (Å²) < 4.78 is 41.3. The van der Waals surface area contributed by atoms with E-state index in [1.165, 1.54) is 11.1 Å². The minimum absolute atomic E-state index is 0.128. The van der Waals surface area contributed by atoms with Gasteiger partial charge in [-0.2, -0.15) is 0 Å². The summed E-state index contributed by atoms with van der Waals surface area (Å²) in [5.74, 6) is 1.39. The molecular formula is C26H34FN3O2S. The molecule has 1 saturated heterocycles. The topological polar surface area (TPSA) is 70.2 Å². The lowest BCUT2D eigenvalue weighted by Gasteiger charge is -2.29. The molecule has 1 saturated carbocycles. The van der Waals surface area contributed by atoms with Gasteiger partial charge in [0, 0.05) is 18.5 Å². The molecule has 2 fully saturated rings. The van der Waals surface area contributed by atoms with Crippen molar-refractivity contribution in [3.63, 3.8) is 0 Å². The van der Waals surface area contributed by atoms with E-state index in [0.717, 1.165) is 51.5 Å². The fourth-order valence-corrected chi connectivity index (χ4v) is 7.09. The third-order valence-electron chi connectivity index (χ3n) is 7.85. The molecule has 5 nitrogen and oxygen atoms in total. The molecule has 3 aliphatic rings. The highest BCUT2D eigenvalue weighted by Crippen LogP contribution is 2.39. The molecule has 3 unspecified atom stereocenters. The molecule has 0 spiro atoms. The summed E-state index contributed by atoms with van der Waals surface area (Å²) in [4.78, 5) is 0.334. The molecule has 1 heterocycles. The molecule has 2 aliphatic carbocycles. The van der Waals surface area contributed by atoms with Crippen LogP contribution in [0.4, 0.5) is 4.39 Å². The average Bonchev–Trinajstić information content (AvgIpc) is 3.26. The van der Waals surface area contributed by atoms with Gasteiger partial charge in [0.05, 0.1) is 11.1 Å². The van der Waals surface area contributed by atoms with Gasteiger partial charge in [-0.3, -0.25) is 5.32 Å². The quantitative estimate of drug-likeness (QED) is 0.573. The van der Waals surface area contributed by atoms with E-state index in [-0.39, 0.29) is 5.82 Å². The zero-order valence-electron chi connectivity index (χ0n) is 19.0. The normalized spacial score (nSPS) is 29.4. The zero-order chi connectivity index (χ0) is 22.8. The van der Waals surface area contributed by atoms with Crippen molar-refractivity contribution in [1.29, 1.82) is 0 Å². The van der Waals surface area contributed by atoms with Crippen LogP contribution in [0.3, 0.4) is 0 Å². The van der Waals surface area contributed by atoms with Crippen molar-refractivity contribution < 1.29 is 12.8 Å². The first-order valence-corrected chi connectivity index (χ1v) is 13.8. The minimum atomic E-state index is -3.42. The van der Waals surface area contributed by atoms with E-state index in [0.29, 0.717) is 41.4 Å². The lowest BCUT2D eigenvalue weighted by molar-refractivity contribution is 0.258. The Labute approximate surface area is 196 Å². The molecule has 33 heavy (non-hydrogen) atoms. The SMILES string of the molecule is O=S(=O)(NCC1CCC(CNC2CC3c4ccc(F)cc4CCC3N2)CC1)c1ccccc1. The van der Waals surface area contributed by atoms with Crippen molar-refractivity contribution >= 4 is 10.0 Å². The number of halogens is 1. The zero-order valence-corrected chi connectivity index (χ0v) is 19.8. The van der Waals surface area contributed by atoms with E-state index >= 15 is 0 Å². The standard InChI is InChI=1S/C26H34FN3O2S/c27-21-11-12-23-20(14-21)10-13-25-24(23)15-26(30-25)28-16-18-6-8-19(9-7-18)17-29-33(31,32)22-4-2-1-3-5-22/h1-5,11-12,14,18-19,24-26,28-30H,6-10,13,15-17H2.